The fraction of sp³-hybridized carbons (Fsp3) is 0.812. The first kappa shape index (κ1) is 14.8. The number of fused-ring (bicyclic) bond motifs is 1. The van der Waals surface area contributed by atoms with E-state index >= 15 is 0 Å². The summed E-state index contributed by atoms with van der Waals surface area (Å²) in [6.07, 6.45) is 14.0. The van der Waals surface area contributed by atoms with Crippen LogP contribution in [0.15, 0.2) is 4.79 Å². The normalized spacial score (nSPS) is 13.9. The second-order valence-corrected chi connectivity index (χ2v) is 6.84. The predicted molar refractivity (Wildman–Crippen MR) is 83.2 cm³/mol. The monoisotopic (exact) mass is 281 g/mol. The lowest BCUT2D eigenvalue weighted by Gasteiger charge is -2.02. The third-order valence-corrected chi connectivity index (χ3v) is 5.33. The molecule has 0 N–H and O–H groups in total. The molecule has 2 rings (SSSR count). The molecule has 19 heavy (non-hydrogen) atoms. The molecule has 108 valence electrons. The minimum Gasteiger partial charge on any atom is -0.268 e. The van der Waals surface area contributed by atoms with Gasteiger partial charge in [0.15, 0.2) is 0 Å². The van der Waals surface area contributed by atoms with Crippen molar-refractivity contribution in [3.8, 4) is 0 Å². The highest BCUT2D eigenvalue weighted by atomic mass is 32.1. The van der Waals surface area contributed by atoms with Crippen molar-refractivity contribution in [2.75, 3.05) is 0 Å². The van der Waals surface area contributed by atoms with Gasteiger partial charge in [0.1, 0.15) is 0 Å². The number of rotatable bonds is 9. The molecule has 0 saturated carbocycles. The Kier molecular flexibility index (Phi) is 6.15. The zero-order valence-electron chi connectivity index (χ0n) is 12.2. The Balaban J connectivity index is 1.60. The zero-order chi connectivity index (χ0) is 13.5. The lowest BCUT2D eigenvalue weighted by molar-refractivity contribution is 0.551. The number of unbranched alkanes of at least 4 members (excludes halogenated alkanes) is 7. The Morgan fingerprint density at radius 1 is 1.00 bits per heavy atom. The van der Waals surface area contributed by atoms with Gasteiger partial charge in [0.05, 0.1) is 0 Å². The lowest BCUT2D eigenvalue weighted by Crippen LogP contribution is -2.16. The Labute approximate surface area is 121 Å². The minimum absolute atomic E-state index is 0.320. The number of hydrogen-bond acceptors (Lipinski definition) is 2. The second-order valence-electron chi connectivity index (χ2n) is 5.73. The van der Waals surface area contributed by atoms with Crippen LogP contribution in [0.5, 0.6) is 0 Å². The van der Waals surface area contributed by atoms with Crippen molar-refractivity contribution in [2.24, 2.45) is 0 Å². The van der Waals surface area contributed by atoms with Gasteiger partial charge in [-0.2, -0.15) is 0 Å². The van der Waals surface area contributed by atoms with E-state index in [-0.39, 0.29) is 0 Å². The first-order valence-corrected chi connectivity index (χ1v) is 8.82. The average molecular weight is 281 g/mol. The van der Waals surface area contributed by atoms with E-state index < -0.39 is 0 Å². The van der Waals surface area contributed by atoms with Crippen LogP contribution < -0.4 is 5.56 Å². The Bertz CT molecular complexity index is 432. The summed E-state index contributed by atoms with van der Waals surface area (Å²) in [5, 5.41) is 0. The topological polar surface area (TPSA) is 22.0 Å². The molecule has 0 unspecified atom stereocenters. The van der Waals surface area contributed by atoms with Crippen LogP contribution in [-0.4, -0.2) is 3.96 Å². The van der Waals surface area contributed by atoms with Crippen LogP contribution in [-0.2, 0) is 19.4 Å². The van der Waals surface area contributed by atoms with E-state index in [4.69, 9.17) is 0 Å². The van der Waals surface area contributed by atoms with Crippen LogP contribution in [0.2, 0.25) is 0 Å². The summed E-state index contributed by atoms with van der Waals surface area (Å²) in [4.78, 5) is 13.4. The summed E-state index contributed by atoms with van der Waals surface area (Å²) in [7, 11) is 0. The Morgan fingerprint density at radius 3 is 2.37 bits per heavy atom. The summed E-state index contributed by atoms with van der Waals surface area (Å²) in [5.41, 5.74) is 1.45. The van der Waals surface area contributed by atoms with Crippen LogP contribution in [0.25, 0.3) is 0 Å². The maximum absolute atomic E-state index is 12.1. The fourth-order valence-corrected chi connectivity index (χ4v) is 4.12. The molecule has 1 aromatic heterocycles. The molecule has 0 bridgehead atoms. The van der Waals surface area contributed by atoms with Crippen LogP contribution in [0.3, 0.4) is 0 Å². The third-order valence-electron chi connectivity index (χ3n) is 4.09. The Morgan fingerprint density at radius 2 is 1.68 bits per heavy atom. The molecule has 1 aliphatic rings. The SMILES string of the molecule is CCCCCCCCCCn1sc2c(c1=O)CCC2. The minimum atomic E-state index is 0.320. The zero-order valence-corrected chi connectivity index (χ0v) is 13.1. The number of nitrogens with zero attached hydrogens (tertiary/aromatic N) is 1. The number of hydrogen-bond donors (Lipinski definition) is 0. The first-order chi connectivity index (χ1) is 9.33. The maximum atomic E-state index is 12.1. The molecule has 0 fully saturated rings. The lowest BCUT2D eigenvalue weighted by atomic mass is 10.1. The third kappa shape index (κ3) is 4.20. The molecule has 1 aliphatic carbocycles. The van der Waals surface area contributed by atoms with Gasteiger partial charge in [-0.1, -0.05) is 63.4 Å². The van der Waals surface area contributed by atoms with Gasteiger partial charge in [-0.15, -0.1) is 0 Å². The van der Waals surface area contributed by atoms with Gasteiger partial charge in [0.2, 0.25) is 0 Å². The molecule has 3 heteroatoms. The highest BCUT2D eigenvalue weighted by Crippen LogP contribution is 2.23. The predicted octanol–water partition coefficient (Wildman–Crippen LogP) is 4.54. The van der Waals surface area contributed by atoms with Crippen LogP contribution in [0.4, 0.5) is 0 Å². The van der Waals surface area contributed by atoms with Crippen molar-refractivity contribution in [3.05, 3.63) is 20.8 Å². The summed E-state index contributed by atoms with van der Waals surface area (Å²) in [6.45, 7) is 3.21. The van der Waals surface area contributed by atoms with Crippen LogP contribution >= 0.6 is 11.5 Å². The van der Waals surface area contributed by atoms with Gasteiger partial charge in [-0.05, 0) is 25.7 Å². The molecule has 1 heterocycles. The molecule has 0 radical (unpaired) electrons. The number of aryl methyl sites for hydroxylation is 2. The smallest absolute Gasteiger partial charge is 0.264 e. The van der Waals surface area contributed by atoms with Gasteiger partial charge in [0, 0.05) is 17.0 Å². The first-order valence-electron chi connectivity index (χ1n) is 8.04. The molecule has 0 saturated heterocycles. The van der Waals surface area contributed by atoms with E-state index in [9.17, 15) is 4.79 Å². The van der Waals surface area contributed by atoms with E-state index in [1.54, 1.807) is 11.5 Å². The van der Waals surface area contributed by atoms with Crippen molar-refractivity contribution < 1.29 is 0 Å². The van der Waals surface area contributed by atoms with Crippen molar-refractivity contribution in [1.29, 1.82) is 0 Å². The molecule has 0 aliphatic heterocycles. The maximum Gasteiger partial charge on any atom is 0.264 e. The molecule has 2 nitrogen and oxygen atoms in total. The fourth-order valence-electron chi connectivity index (χ4n) is 2.90. The van der Waals surface area contributed by atoms with Crippen molar-refractivity contribution in [1.82, 2.24) is 3.96 Å². The number of aromatic nitrogens is 1. The van der Waals surface area contributed by atoms with Gasteiger partial charge in [-0.3, -0.25) is 8.75 Å². The summed E-state index contributed by atoms with van der Waals surface area (Å²) < 4.78 is 2.00. The molecule has 1 aromatic rings. The standard InChI is InChI=1S/C16H27NOS/c1-2-3-4-5-6-7-8-9-13-17-16(18)14-11-10-12-15(14)19-17/h2-13H2,1H3. The molecule has 0 atom stereocenters. The van der Waals surface area contributed by atoms with Gasteiger partial charge >= 0.3 is 0 Å². The van der Waals surface area contributed by atoms with E-state index in [2.05, 4.69) is 6.92 Å². The van der Waals surface area contributed by atoms with Crippen molar-refractivity contribution in [2.45, 2.75) is 84.1 Å². The van der Waals surface area contributed by atoms with E-state index in [0.29, 0.717) is 5.56 Å². The highest BCUT2D eigenvalue weighted by molar-refractivity contribution is 7.06. The van der Waals surface area contributed by atoms with Crippen LogP contribution in [0.1, 0.15) is 75.2 Å². The van der Waals surface area contributed by atoms with Gasteiger partial charge in [-0.25, -0.2) is 0 Å². The van der Waals surface area contributed by atoms with Crippen molar-refractivity contribution in [3.63, 3.8) is 0 Å². The molecule has 0 amide bonds. The second kappa shape index (κ2) is 7.88. The molecule has 0 aromatic carbocycles. The quantitative estimate of drug-likeness (QED) is 0.609. The highest BCUT2D eigenvalue weighted by Gasteiger charge is 2.19. The van der Waals surface area contributed by atoms with E-state index in [1.807, 2.05) is 3.96 Å². The van der Waals surface area contributed by atoms with Crippen molar-refractivity contribution >= 4 is 11.5 Å². The average Bonchev–Trinajstić information content (AvgIpc) is 2.97. The molecule has 0 spiro atoms. The summed E-state index contributed by atoms with van der Waals surface area (Å²) in [6, 6.07) is 0. The largest absolute Gasteiger partial charge is 0.268 e. The van der Waals surface area contributed by atoms with E-state index in [1.165, 1.54) is 62.7 Å². The van der Waals surface area contributed by atoms with Gasteiger partial charge < -0.3 is 0 Å². The van der Waals surface area contributed by atoms with Crippen LogP contribution in [0, 0.1) is 0 Å². The molecular weight excluding hydrogens is 254 g/mol. The van der Waals surface area contributed by atoms with E-state index in [0.717, 1.165) is 24.9 Å². The Hall–Kier alpha value is -0.570. The molecular formula is C16H27NOS. The van der Waals surface area contributed by atoms with Gasteiger partial charge in [0.25, 0.3) is 5.56 Å². The summed E-state index contributed by atoms with van der Waals surface area (Å²) >= 11 is 1.73. The summed E-state index contributed by atoms with van der Waals surface area (Å²) in [5.74, 6) is 0.